The first kappa shape index (κ1) is 7.54. The van der Waals surface area contributed by atoms with Crippen molar-refractivity contribution in [1.82, 2.24) is 5.32 Å². The Morgan fingerprint density at radius 2 is 2.50 bits per heavy atom. The summed E-state index contributed by atoms with van der Waals surface area (Å²) in [6.45, 7) is 1.52. The number of rotatable bonds is 3. The van der Waals surface area contributed by atoms with Crippen molar-refractivity contribution < 1.29 is 9.53 Å². The second-order valence-corrected chi connectivity index (χ2v) is 2.51. The first-order valence-electron chi connectivity index (χ1n) is 3.72. The van der Waals surface area contributed by atoms with Crippen LogP contribution >= 0.6 is 0 Å². The summed E-state index contributed by atoms with van der Waals surface area (Å²) in [7, 11) is 0. The van der Waals surface area contributed by atoms with Crippen LogP contribution in [0.5, 0.6) is 0 Å². The number of ether oxygens (including phenoxy) is 1. The van der Waals surface area contributed by atoms with Gasteiger partial charge in [0.1, 0.15) is 0 Å². The van der Waals surface area contributed by atoms with Gasteiger partial charge in [0.05, 0.1) is 6.10 Å². The van der Waals surface area contributed by atoms with Crippen LogP contribution in [0.2, 0.25) is 0 Å². The lowest BCUT2D eigenvalue weighted by atomic mass is 10.1. The number of nitrogens with one attached hydrogen (secondary N) is 1. The maximum Gasteiger partial charge on any atom is 0.207 e. The van der Waals surface area contributed by atoms with E-state index in [1.54, 1.807) is 0 Å². The van der Waals surface area contributed by atoms with E-state index in [0.29, 0.717) is 6.54 Å². The number of hydrogen-bond donors (Lipinski definition) is 1. The quantitative estimate of drug-likeness (QED) is 0.577. The third-order valence-corrected chi connectivity index (χ3v) is 1.70. The first-order chi connectivity index (χ1) is 4.93. The van der Waals surface area contributed by atoms with Crippen LogP contribution in [0.25, 0.3) is 0 Å². The van der Waals surface area contributed by atoms with Gasteiger partial charge >= 0.3 is 0 Å². The summed E-state index contributed by atoms with van der Waals surface area (Å²) >= 11 is 0. The molecule has 1 unspecified atom stereocenters. The highest BCUT2D eigenvalue weighted by Crippen LogP contribution is 2.11. The minimum absolute atomic E-state index is 0.263. The fraction of sp³-hybridized carbons (Fsp3) is 0.857. The Bertz CT molecular complexity index is 99.8. The van der Waals surface area contributed by atoms with E-state index < -0.39 is 0 Å². The number of carbonyl (C=O) groups is 1. The van der Waals surface area contributed by atoms with Crippen LogP contribution < -0.4 is 5.32 Å². The van der Waals surface area contributed by atoms with Gasteiger partial charge in [-0.3, -0.25) is 4.79 Å². The molecule has 0 radical (unpaired) electrons. The van der Waals surface area contributed by atoms with Crippen molar-refractivity contribution in [2.24, 2.45) is 0 Å². The Kier molecular flexibility index (Phi) is 3.22. The van der Waals surface area contributed by atoms with Crippen LogP contribution in [-0.4, -0.2) is 25.7 Å². The largest absolute Gasteiger partial charge is 0.376 e. The van der Waals surface area contributed by atoms with Gasteiger partial charge in [-0.1, -0.05) is 0 Å². The summed E-state index contributed by atoms with van der Waals surface area (Å²) in [5.41, 5.74) is 0. The number of carbonyl (C=O) groups excluding carboxylic acids is 1. The molecule has 0 aromatic rings. The second-order valence-electron chi connectivity index (χ2n) is 2.51. The molecule has 0 aliphatic carbocycles. The fourth-order valence-corrected chi connectivity index (χ4v) is 1.15. The van der Waals surface area contributed by atoms with Crippen molar-refractivity contribution in [3.8, 4) is 0 Å². The van der Waals surface area contributed by atoms with Crippen molar-refractivity contribution in [3.63, 3.8) is 0 Å². The lowest BCUT2D eigenvalue weighted by Gasteiger charge is -2.21. The SMILES string of the molecule is O=CNCC1CCCCO1. The normalized spacial score (nSPS) is 25.8. The van der Waals surface area contributed by atoms with Crippen LogP contribution in [-0.2, 0) is 9.53 Å². The number of amides is 1. The minimum atomic E-state index is 0.263. The van der Waals surface area contributed by atoms with E-state index in [2.05, 4.69) is 5.32 Å². The summed E-state index contributed by atoms with van der Waals surface area (Å²) < 4.78 is 5.36. The van der Waals surface area contributed by atoms with Crippen LogP contribution in [0.1, 0.15) is 19.3 Å². The summed E-state index contributed by atoms with van der Waals surface area (Å²) in [6, 6.07) is 0. The lowest BCUT2D eigenvalue weighted by molar-refractivity contribution is -0.110. The van der Waals surface area contributed by atoms with E-state index in [1.807, 2.05) is 0 Å². The lowest BCUT2D eigenvalue weighted by Crippen LogP contribution is -2.30. The third-order valence-electron chi connectivity index (χ3n) is 1.70. The summed E-state index contributed by atoms with van der Waals surface area (Å²) in [5.74, 6) is 0. The predicted octanol–water partition coefficient (Wildman–Crippen LogP) is 0.301. The Hall–Kier alpha value is -0.570. The zero-order valence-electron chi connectivity index (χ0n) is 6.01. The van der Waals surface area contributed by atoms with Gasteiger partial charge in [0.15, 0.2) is 0 Å². The van der Waals surface area contributed by atoms with E-state index in [1.165, 1.54) is 6.42 Å². The molecule has 1 aliphatic heterocycles. The van der Waals surface area contributed by atoms with Crippen molar-refractivity contribution in [2.75, 3.05) is 13.2 Å². The molecule has 1 aliphatic rings. The molecule has 1 rings (SSSR count). The average molecular weight is 143 g/mol. The highest BCUT2D eigenvalue weighted by Gasteiger charge is 2.11. The van der Waals surface area contributed by atoms with Crippen LogP contribution in [0.3, 0.4) is 0 Å². The molecular weight excluding hydrogens is 130 g/mol. The molecule has 1 saturated heterocycles. The molecule has 0 aromatic carbocycles. The molecule has 0 saturated carbocycles. The minimum Gasteiger partial charge on any atom is -0.376 e. The van der Waals surface area contributed by atoms with Crippen molar-refractivity contribution in [2.45, 2.75) is 25.4 Å². The first-order valence-corrected chi connectivity index (χ1v) is 3.72. The van der Waals surface area contributed by atoms with E-state index in [9.17, 15) is 4.79 Å². The van der Waals surface area contributed by atoms with Gasteiger partial charge in [-0.2, -0.15) is 0 Å². The highest BCUT2D eigenvalue weighted by atomic mass is 16.5. The smallest absolute Gasteiger partial charge is 0.207 e. The molecule has 1 atom stereocenters. The average Bonchev–Trinajstić information content (AvgIpc) is 2.03. The van der Waals surface area contributed by atoms with Gasteiger partial charge in [0.2, 0.25) is 6.41 Å². The molecule has 3 heteroatoms. The zero-order chi connectivity index (χ0) is 7.23. The molecule has 3 nitrogen and oxygen atoms in total. The van der Waals surface area contributed by atoms with Crippen LogP contribution in [0.15, 0.2) is 0 Å². The molecule has 0 spiro atoms. The van der Waals surface area contributed by atoms with Crippen molar-refractivity contribution in [3.05, 3.63) is 0 Å². The Balaban J connectivity index is 2.07. The summed E-state index contributed by atoms with van der Waals surface area (Å²) in [6.07, 6.45) is 4.46. The number of hydrogen-bond acceptors (Lipinski definition) is 2. The predicted molar refractivity (Wildman–Crippen MR) is 37.7 cm³/mol. The Morgan fingerprint density at radius 1 is 1.60 bits per heavy atom. The molecule has 1 N–H and O–H groups in total. The third kappa shape index (κ3) is 2.35. The molecule has 0 aromatic heterocycles. The molecule has 10 heavy (non-hydrogen) atoms. The van der Waals surface area contributed by atoms with E-state index in [-0.39, 0.29) is 6.10 Å². The van der Waals surface area contributed by atoms with Crippen molar-refractivity contribution in [1.29, 1.82) is 0 Å². The second kappa shape index (κ2) is 4.28. The van der Waals surface area contributed by atoms with Gasteiger partial charge in [0, 0.05) is 13.2 Å². The molecular formula is C7H13NO2. The fourth-order valence-electron chi connectivity index (χ4n) is 1.15. The Labute approximate surface area is 60.7 Å². The van der Waals surface area contributed by atoms with Crippen LogP contribution in [0.4, 0.5) is 0 Å². The highest BCUT2D eigenvalue weighted by molar-refractivity contribution is 5.45. The molecule has 0 bridgehead atoms. The van der Waals surface area contributed by atoms with Gasteiger partial charge in [-0.25, -0.2) is 0 Å². The van der Waals surface area contributed by atoms with Gasteiger partial charge < -0.3 is 10.1 Å². The Morgan fingerprint density at radius 3 is 3.10 bits per heavy atom. The van der Waals surface area contributed by atoms with Gasteiger partial charge in [0.25, 0.3) is 0 Å². The summed E-state index contributed by atoms with van der Waals surface area (Å²) in [4.78, 5) is 9.88. The van der Waals surface area contributed by atoms with Crippen LogP contribution in [0, 0.1) is 0 Å². The summed E-state index contributed by atoms with van der Waals surface area (Å²) in [5, 5.41) is 2.61. The van der Waals surface area contributed by atoms with E-state index in [0.717, 1.165) is 25.9 Å². The monoisotopic (exact) mass is 143 g/mol. The molecule has 58 valence electrons. The van der Waals surface area contributed by atoms with Gasteiger partial charge in [-0.05, 0) is 19.3 Å². The molecule has 1 heterocycles. The maximum atomic E-state index is 9.88. The topological polar surface area (TPSA) is 38.3 Å². The van der Waals surface area contributed by atoms with E-state index >= 15 is 0 Å². The molecule has 1 fully saturated rings. The van der Waals surface area contributed by atoms with E-state index in [4.69, 9.17) is 4.74 Å². The zero-order valence-corrected chi connectivity index (χ0v) is 6.01. The molecule has 1 amide bonds. The standard InChI is InChI=1S/C7H13NO2/c9-6-8-5-7-3-1-2-4-10-7/h6-7H,1-5H2,(H,8,9). The van der Waals surface area contributed by atoms with Crippen molar-refractivity contribution >= 4 is 6.41 Å². The maximum absolute atomic E-state index is 9.88. The van der Waals surface area contributed by atoms with Gasteiger partial charge in [-0.15, -0.1) is 0 Å².